The van der Waals surface area contributed by atoms with Crippen molar-refractivity contribution in [1.29, 1.82) is 0 Å². The van der Waals surface area contributed by atoms with E-state index in [4.69, 9.17) is 4.74 Å². The summed E-state index contributed by atoms with van der Waals surface area (Å²) in [7, 11) is 0. The Bertz CT molecular complexity index is 910. The van der Waals surface area contributed by atoms with E-state index in [1.807, 2.05) is 42.5 Å². The zero-order valence-electron chi connectivity index (χ0n) is 13.5. The van der Waals surface area contributed by atoms with Crippen LogP contribution in [0.4, 0.5) is 0 Å². The van der Waals surface area contributed by atoms with Crippen molar-refractivity contribution in [2.45, 2.75) is 0 Å². The quantitative estimate of drug-likeness (QED) is 0.288. The Morgan fingerprint density at radius 1 is 0.720 bits per heavy atom. The summed E-state index contributed by atoms with van der Waals surface area (Å²) in [6, 6.07) is 23.7. The van der Waals surface area contributed by atoms with Gasteiger partial charge in [-0.05, 0) is 35.4 Å². The Morgan fingerprint density at radius 3 is 1.92 bits per heavy atom. The third kappa shape index (κ3) is 3.72. The number of benzene rings is 3. The van der Waals surface area contributed by atoms with Crippen LogP contribution in [0.3, 0.4) is 0 Å². The molecule has 3 rings (SSSR count). The Morgan fingerprint density at radius 2 is 1.28 bits per heavy atom. The Labute approximate surface area is 146 Å². The zero-order valence-corrected chi connectivity index (χ0v) is 13.5. The van der Waals surface area contributed by atoms with Crippen LogP contribution in [-0.2, 0) is 0 Å². The largest absolute Gasteiger partial charge is 0.423 e. The van der Waals surface area contributed by atoms with Gasteiger partial charge in [0.15, 0.2) is 5.78 Å². The predicted octanol–water partition coefficient (Wildman–Crippen LogP) is 4.94. The van der Waals surface area contributed by atoms with Crippen LogP contribution in [0.5, 0.6) is 5.75 Å². The van der Waals surface area contributed by atoms with Crippen LogP contribution < -0.4 is 4.74 Å². The molecule has 0 fully saturated rings. The molecule has 122 valence electrons. The summed E-state index contributed by atoms with van der Waals surface area (Å²) < 4.78 is 5.40. The Hall–Kier alpha value is -3.46. The minimum Gasteiger partial charge on any atom is -0.423 e. The molecule has 0 saturated carbocycles. The van der Waals surface area contributed by atoms with Crippen LogP contribution in [0.15, 0.2) is 91.5 Å². The van der Waals surface area contributed by atoms with Gasteiger partial charge < -0.3 is 4.74 Å². The monoisotopic (exact) mass is 328 g/mol. The molecular formula is C22H16O3. The average Bonchev–Trinajstić information content (AvgIpc) is 2.68. The van der Waals surface area contributed by atoms with Gasteiger partial charge >= 0.3 is 5.97 Å². The van der Waals surface area contributed by atoms with Gasteiger partial charge in [-0.3, -0.25) is 4.79 Å². The van der Waals surface area contributed by atoms with Crippen molar-refractivity contribution >= 4 is 11.8 Å². The van der Waals surface area contributed by atoms with Gasteiger partial charge in [-0.2, -0.15) is 0 Å². The normalized spacial score (nSPS) is 10.1. The van der Waals surface area contributed by atoms with E-state index in [0.29, 0.717) is 5.75 Å². The molecule has 0 saturated heterocycles. The standard InChI is InChI=1S/C22H16O3/c1-2-21(23)19-10-6-7-11-20(19)22(24)25-18-14-12-17(13-15-18)16-8-4-3-5-9-16/h2-15H,1H2. The second-order valence-corrected chi connectivity index (χ2v) is 5.39. The number of rotatable bonds is 5. The first-order valence-electron chi connectivity index (χ1n) is 7.82. The van der Waals surface area contributed by atoms with E-state index >= 15 is 0 Å². The van der Waals surface area contributed by atoms with Crippen molar-refractivity contribution in [2.75, 3.05) is 0 Å². The fourth-order valence-corrected chi connectivity index (χ4v) is 2.49. The van der Waals surface area contributed by atoms with Gasteiger partial charge in [0.05, 0.1) is 5.56 Å². The lowest BCUT2D eigenvalue weighted by atomic mass is 10.0. The highest BCUT2D eigenvalue weighted by molar-refractivity contribution is 6.11. The van der Waals surface area contributed by atoms with E-state index in [1.165, 1.54) is 6.08 Å². The van der Waals surface area contributed by atoms with Crippen LogP contribution in [0.1, 0.15) is 20.7 Å². The zero-order chi connectivity index (χ0) is 17.6. The second kappa shape index (κ2) is 7.41. The van der Waals surface area contributed by atoms with Crippen molar-refractivity contribution in [3.05, 3.63) is 103 Å². The van der Waals surface area contributed by atoms with E-state index in [-0.39, 0.29) is 16.9 Å². The SMILES string of the molecule is C=CC(=O)c1ccccc1C(=O)Oc1ccc(-c2ccccc2)cc1. The molecule has 0 heterocycles. The fourth-order valence-electron chi connectivity index (χ4n) is 2.49. The highest BCUT2D eigenvalue weighted by atomic mass is 16.5. The van der Waals surface area contributed by atoms with Gasteiger partial charge in [0.2, 0.25) is 0 Å². The third-order valence-corrected chi connectivity index (χ3v) is 3.77. The summed E-state index contributed by atoms with van der Waals surface area (Å²) in [5, 5.41) is 0. The number of allylic oxidation sites excluding steroid dienone is 1. The molecule has 25 heavy (non-hydrogen) atoms. The molecule has 3 nitrogen and oxygen atoms in total. The number of ether oxygens (including phenoxy) is 1. The highest BCUT2D eigenvalue weighted by Gasteiger charge is 2.16. The molecule has 0 spiro atoms. The minimum atomic E-state index is -0.571. The maximum atomic E-state index is 12.4. The van der Waals surface area contributed by atoms with Gasteiger partial charge in [-0.1, -0.05) is 67.2 Å². The molecule has 0 amide bonds. The van der Waals surface area contributed by atoms with Gasteiger partial charge in [-0.25, -0.2) is 4.79 Å². The molecule has 0 aliphatic heterocycles. The number of carbonyl (C=O) groups is 2. The number of ketones is 1. The van der Waals surface area contributed by atoms with Crippen LogP contribution in [0.2, 0.25) is 0 Å². The second-order valence-electron chi connectivity index (χ2n) is 5.39. The molecule has 0 aromatic heterocycles. The molecule has 0 aliphatic carbocycles. The highest BCUT2D eigenvalue weighted by Crippen LogP contribution is 2.23. The number of esters is 1. The van der Waals surface area contributed by atoms with Crippen molar-refractivity contribution in [3.8, 4) is 16.9 Å². The average molecular weight is 328 g/mol. The van der Waals surface area contributed by atoms with Crippen molar-refractivity contribution in [1.82, 2.24) is 0 Å². The fraction of sp³-hybridized carbons (Fsp3) is 0. The van der Waals surface area contributed by atoms with E-state index < -0.39 is 5.97 Å². The van der Waals surface area contributed by atoms with E-state index in [1.54, 1.807) is 36.4 Å². The first kappa shape index (κ1) is 16.4. The lowest BCUT2D eigenvalue weighted by Crippen LogP contribution is -2.13. The number of carbonyl (C=O) groups excluding carboxylic acids is 2. The van der Waals surface area contributed by atoms with Gasteiger partial charge in [-0.15, -0.1) is 0 Å². The van der Waals surface area contributed by atoms with Crippen LogP contribution in [0, 0.1) is 0 Å². The summed E-state index contributed by atoms with van der Waals surface area (Å²) in [6.07, 6.45) is 1.18. The minimum absolute atomic E-state index is 0.222. The molecule has 0 N–H and O–H groups in total. The van der Waals surface area contributed by atoms with Crippen LogP contribution >= 0.6 is 0 Å². The molecule has 3 aromatic carbocycles. The first-order valence-corrected chi connectivity index (χ1v) is 7.82. The summed E-state index contributed by atoms with van der Waals surface area (Å²) in [5.41, 5.74) is 2.62. The maximum absolute atomic E-state index is 12.4. The molecule has 3 heteroatoms. The lowest BCUT2D eigenvalue weighted by molar-refractivity contribution is 0.0730. The topological polar surface area (TPSA) is 43.4 Å². The molecule has 0 atom stereocenters. The Balaban J connectivity index is 1.80. The van der Waals surface area contributed by atoms with Crippen molar-refractivity contribution < 1.29 is 14.3 Å². The van der Waals surface area contributed by atoms with E-state index in [2.05, 4.69) is 6.58 Å². The Kier molecular flexibility index (Phi) is 4.86. The van der Waals surface area contributed by atoms with Gasteiger partial charge in [0.25, 0.3) is 0 Å². The van der Waals surface area contributed by atoms with Crippen LogP contribution in [-0.4, -0.2) is 11.8 Å². The maximum Gasteiger partial charge on any atom is 0.344 e. The predicted molar refractivity (Wildman–Crippen MR) is 97.8 cm³/mol. The molecular weight excluding hydrogens is 312 g/mol. The summed E-state index contributed by atoms with van der Waals surface area (Å²) in [5.74, 6) is -0.462. The molecule has 0 unspecified atom stereocenters. The van der Waals surface area contributed by atoms with Gasteiger partial charge in [0.1, 0.15) is 5.75 Å². The number of hydrogen-bond acceptors (Lipinski definition) is 3. The lowest BCUT2D eigenvalue weighted by Gasteiger charge is -2.08. The smallest absolute Gasteiger partial charge is 0.344 e. The van der Waals surface area contributed by atoms with E-state index in [0.717, 1.165) is 11.1 Å². The molecule has 0 aliphatic rings. The third-order valence-electron chi connectivity index (χ3n) is 3.77. The number of hydrogen-bond donors (Lipinski definition) is 0. The summed E-state index contributed by atoms with van der Waals surface area (Å²) in [6.45, 7) is 3.46. The summed E-state index contributed by atoms with van der Waals surface area (Å²) in [4.78, 5) is 24.3. The summed E-state index contributed by atoms with van der Waals surface area (Å²) >= 11 is 0. The van der Waals surface area contributed by atoms with Gasteiger partial charge in [0, 0.05) is 5.56 Å². The molecule has 0 radical (unpaired) electrons. The van der Waals surface area contributed by atoms with Crippen molar-refractivity contribution in [2.24, 2.45) is 0 Å². The van der Waals surface area contributed by atoms with Crippen molar-refractivity contribution in [3.63, 3.8) is 0 Å². The molecule has 0 bridgehead atoms. The van der Waals surface area contributed by atoms with Crippen LogP contribution in [0.25, 0.3) is 11.1 Å². The first-order chi connectivity index (χ1) is 12.2. The van der Waals surface area contributed by atoms with E-state index in [9.17, 15) is 9.59 Å². The molecule has 3 aromatic rings.